The second-order valence-corrected chi connectivity index (χ2v) is 4.52. The highest BCUT2D eigenvalue weighted by Crippen LogP contribution is 2.18. The smallest absolute Gasteiger partial charge is 0.0595 e. The van der Waals surface area contributed by atoms with Crippen molar-refractivity contribution in [2.24, 2.45) is 11.7 Å². The predicted molar refractivity (Wildman–Crippen MR) is 59.3 cm³/mol. The third-order valence-corrected chi connectivity index (χ3v) is 3.29. The van der Waals surface area contributed by atoms with E-state index in [1.807, 2.05) is 7.11 Å². The molecule has 0 aromatic heterocycles. The molecule has 1 saturated heterocycles. The summed E-state index contributed by atoms with van der Waals surface area (Å²) in [5.41, 5.74) is 5.80. The zero-order valence-electron chi connectivity index (χ0n) is 9.70. The van der Waals surface area contributed by atoms with Crippen LogP contribution in [0.25, 0.3) is 0 Å². The molecule has 1 unspecified atom stereocenters. The molecule has 84 valence electrons. The predicted octanol–water partition coefficient (Wildman–Crippen LogP) is 1.08. The zero-order valence-corrected chi connectivity index (χ0v) is 9.70. The highest BCUT2D eigenvalue weighted by molar-refractivity contribution is 4.81. The molecule has 1 heterocycles. The summed E-state index contributed by atoms with van der Waals surface area (Å²) in [6.45, 7) is 7.55. The highest BCUT2D eigenvalue weighted by atomic mass is 16.5. The van der Waals surface area contributed by atoms with E-state index >= 15 is 0 Å². The van der Waals surface area contributed by atoms with Gasteiger partial charge in [-0.05, 0) is 18.8 Å². The quantitative estimate of drug-likeness (QED) is 0.738. The molecule has 1 fully saturated rings. The third kappa shape index (κ3) is 2.94. The molecule has 0 spiro atoms. The maximum atomic E-state index is 5.80. The van der Waals surface area contributed by atoms with E-state index in [0.29, 0.717) is 18.1 Å². The second-order valence-electron chi connectivity index (χ2n) is 4.52. The molecule has 1 atom stereocenters. The maximum Gasteiger partial charge on any atom is 0.0595 e. The summed E-state index contributed by atoms with van der Waals surface area (Å²) in [5, 5.41) is 0. The molecule has 1 rings (SSSR count). The largest absolute Gasteiger partial charge is 0.381 e. The average Bonchev–Trinajstić information content (AvgIpc) is 2.19. The van der Waals surface area contributed by atoms with Crippen molar-refractivity contribution in [3.8, 4) is 0 Å². The van der Waals surface area contributed by atoms with Crippen molar-refractivity contribution < 1.29 is 4.74 Å². The summed E-state index contributed by atoms with van der Waals surface area (Å²) >= 11 is 0. The first-order chi connectivity index (χ1) is 6.69. The van der Waals surface area contributed by atoms with Gasteiger partial charge in [0.05, 0.1) is 6.10 Å². The van der Waals surface area contributed by atoms with E-state index in [4.69, 9.17) is 10.5 Å². The number of nitrogens with zero attached hydrogens (tertiary/aromatic N) is 1. The molecule has 3 heteroatoms. The average molecular weight is 200 g/mol. The first-order valence-electron chi connectivity index (χ1n) is 5.66. The summed E-state index contributed by atoms with van der Waals surface area (Å²) in [7, 11) is 1.81. The summed E-state index contributed by atoms with van der Waals surface area (Å²) in [6, 6.07) is 0.549. The lowest BCUT2D eigenvalue weighted by Gasteiger charge is -2.38. The normalized spacial score (nSPS) is 22.9. The van der Waals surface area contributed by atoms with Crippen LogP contribution in [0.4, 0.5) is 0 Å². The van der Waals surface area contributed by atoms with E-state index in [0.717, 1.165) is 32.5 Å². The van der Waals surface area contributed by atoms with Gasteiger partial charge in [-0.25, -0.2) is 0 Å². The van der Waals surface area contributed by atoms with Gasteiger partial charge in [-0.3, -0.25) is 4.90 Å². The van der Waals surface area contributed by atoms with Gasteiger partial charge < -0.3 is 10.5 Å². The van der Waals surface area contributed by atoms with Crippen molar-refractivity contribution in [3.05, 3.63) is 0 Å². The van der Waals surface area contributed by atoms with E-state index in [1.165, 1.54) is 0 Å². The van der Waals surface area contributed by atoms with E-state index in [-0.39, 0.29) is 0 Å². The fourth-order valence-electron chi connectivity index (χ4n) is 2.29. The van der Waals surface area contributed by atoms with Crippen LogP contribution >= 0.6 is 0 Å². The molecule has 1 aliphatic rings. The van der Waals surface area contributed by atoms with Gasteiger partial charge in [0.15, 0.2) is 0 Å². The number of likely N-dealkylation sites (tertiary alicyclic amines) is 1. The maximum absolute atomic E-state index is 5.80. The molecule has 14 heavy (non-hydrogen) atoms. The van der Waals surface area contributed by atoms with Gasteiger partial charge in [0.25, 0.3) is 0 Å². The number of hydrogen-bond acceptors (Lipinski definition) is 3. The molecular weight excluding hydrogens is 176 g/mol. The summed E-state index contributed by atoms with van der Waals surface area (Å²) < 4.78 is 5.36. The lowest BCUT2D eigenvalue weighted by Crippen LogP contribution is -2.48. The van der Waals surface area contributed by atoms with Crippen molar-refractivity contribution in [1.29, 1.82) is 0 Å². The molecular formula is C11H24N2O. The van der Waals surface area contributed by atoms with Crippen LogP contribution in [0.3, 0.4) is 0 Å². The Hall–Kier alpha value is -0.120. The van der Waals surface area contributed by atoms with Crippen LogP contribution < -0.4 is 5.73 Å². The Kier molecular flexibility index (Phi) is 4.85. The standard InChI is InChI=1S/C11H24N2O/c1-9(2)11(8-12)13-6-4-10(14-3)5-7-13/h9-11H,4-8,12H2,1-3H3. The minimum absolute atomic E-state index is 0.469. The van der Waals surface area contributed by atoms with Gasteiger partial charge in [0.2, 0.25) is 0 Å². The van der Waals surface area contributed by atoms with E-state index < -0.39 is 0 Å². The van der Waals surface area contributed by atoms with Gasteiger partial charge in [-0.15, -0.1) is 0 Å². The van der Waals surface area contributed by atoms with Crippen molar-refractivity contribution >= 4 is 0 Å². The number of hydrogen-bond donors (Lipinski definition) is 1. The zero-order chi connectivity index (χ0) is 10.6. The molecule has 0 amide bonds. The minimum atomic E-state index is 0.469. The van der Waals surface area contributed by atoms with Gasteiger partial charge in [-0.2, -0.15) is 0 Å². The second kappa shape index (κ2) is 5.69. The van der Waals surface area contributed by atoms with Crippen molar-refractivity contribution in [1.82, 2.24) is 4.90 Å². The van der Waals surface area contributed by atoms with E-state index in [2.05, 4.69) is 18.7 Å². The van der Waals surface area contributed by atoms with Gasteiger partial charge in [-0.1, -0.05) is 13.8 Å². The van der Waals surface area contributed by atoms with Crippen molar-refractivity contribution in [2.45, 2.75) is 38.8 Å². The highest BCUT2D eigenvalue weighted by Gasteiger charge is 2.25. The molecule has 0 saturated carbocycles. The van der Waals surface area contributed by atoms with Crippen LogP contribution in [0.15, 0.2) is 0 Å². The van der Waals surface area contributed by atoms with E-state index in [1.54, 1.807) is 0 Å². The molecule has 0 aromatic carbocycles. The lowest BCUT2D eigenvalue weighted by molar-refractivity contribution is 0.0210. The first kappa shape index (κ1) is 12.0. The molecule has 0 bridgehead atoms. The Bertz CT molecular complexity index is 153. The van der Waals surface area contributed by atoms with Gasteiger partial charge in [0.1, 0.15) is 0 Å². The summed E-state index contributed by atoms with van der Waals surface area (Å²) in [5.74, 6) is 0.652. The Morgan fingerprint density at radius 1 is 1.36 bits per heavy atom. The Balaban J connectivity index is 2.39. The van der Waals surface area contributed by atoms with Crippen LogP contribution in [0.5, 0.6) is 0 Å². The number of methoxy groups -OCH3 is 1. The van der Waals surface area contributed by atoms with Crippen LogP contribution in [0.2, 0.25) is 0 Å². The van der Waals surface area contributed by atoms with Crippen LogP contribution in [-0.4, -0.2) is 43.8 Å². The molecule has 3 nitrogen and oxygen atoms in total. The Labute approximate surface area is 87.6 Å². The number of rotatable bonds is 4. The van der Waals surface area contributed by atoms with Crippen LogP contribution in [-0.2, 0) is 4.74 Å². The Morgan fingerprint density at radius 2 is 1.93 bits per heavy atom. The molecule has 0 aliphatic carbocycles. The van der Waals surface area contributed by atoms with Gasteiger partial charge >= 0.3 is 0 Å². The molecule has 2 N–H and O–H groups in total. The number of piperidine rings is 1. The lowest BCUT2D eigenvalue weighted by atomic mass is 9.98. The van der Waals surface area contributed by atoms with Gasteiger partial charge in [0, 0.05) is 32.8 Å². The number of nitrogens with two attached hydrogens (primary N) is 1. The van der Waals surface area contributed by atoms with Crippen molar-refractivity contribution in [2.75, 3.05) is 26.7 Å². The van der Waals surface area contributed by atoms with Crippen LogP contribution in [0, 0.1) is 5.92 Å². The van der Waals surface area contributed by atoms with Crippen LogP contribution in [0.1, 0.15) is 26.7 Å². The number of ether oxygens (including phenoxy) is 1. The van der Waals surface area contributed by atoms with Crippen molar-refractivity contribution in [3.63, 3.8) is 0 Å². The molecule has 1 aliphatic heterocycles. The first-order valence-corrected chi connectivity index (χ1v) is 5.66. The minimum Gasteiger partial charge on any atom is -0.381 e. The summed E-state index contributed by atoms with van der Waals surface area (Å²) in [4.78, 5) is 2.51. The molecule has 0 aromatic rings. The molecule has 0 radical (unpaired) electrons. The third-order valence-electron chi connectivity index (χ3n) is 3.29. The fourth-order valence-corrected chi connectivity index (χ4v) is 2.29. The summed E-state index contributed by atoms with van der Waals surface area (Å²) in [6.07, 6.45) is 2.77. The SMILES string of the molecule is COC1CCN(C(CN)C(C)C)CC1. The topological polar surface area (TPSA) is 38.5 Å². The monoisotopic (exact) mass is 200 g/mol. The fraction of sp³-hybridized carbons (Fsp3) is 1.00. The Morgan fingerprint density at radius 3 is 2.29 bits per heavy atom. The van der Waals surface area contributed by atoms with E-state index in [9.17, 15) is 0 Å².